The van der Waals surface area contributed by atoms with E-state index < -0.39 is 11.7 Å². The van der Waals surface area contributed by atoms with Crippen LogP contribution in [0, 0.1) is 0 Å². The van der Waals surface area contributed by atoms with Crippen molar-refractivity contribution in [3.63, 3.8) is 0 Å². The maximum Gasteiger partial charge on any atom is 0.416 e. The van der Waals surface area contributed by atoms with Crippen LogP contribution >= 0.6 is 23.4 Å². The standard InChI is InChI=1S/C10H9ClF3NS/c1-2-16-9(11)15-8-5-3-4-7(6-8)10(12,13)14/h3-6H,2H2,1H3/b15-9+. The molecule has 0 aliphatic carbocycles. The minimum atomic E-state index is -4.35. The van der Waals surface area contributed by atoms with Crippen molar-refractivity contribution >= 4 is 33.6 Å². The Bertz CT molecular complexity index is 390. The van der Waals surface area contributed by atoms with Gasteiger partial charge in [-0.3, -0.25) is 0 Å². The van der Waals surface area contributed by atoms with Gasteiger partial charge >= 0.3 is 6.18 Å². The molecule has 0 spiro atoms. The molecule has 0 aromatic heterocycles. The van der Waals surface area contributed by atoms with E-state index in [1.54, 1.807) is 0 Å². The quantitative estimate of drug-likeness (QED) is 0.560. The van der Waals surface area contributed by atoms with E-state index in [0.29, 0.717) is 0 Å². The second kappa shape index (κ2) is 5.59. The summed E-state index contributed by atoms with van der Waals surface area (Å²) < 4.78 is 37.3. The number of hydrogen-bond donors (Lipinski definition) is 0. The van der Waals surface area contributed by atoms with Gasteiger partial charge in [-0.05, 0) is 24.0 Å². The van der Waals surface area contributed by atoms with E-state index in [9.17, 15) is 13.2 Å². The summed E-state index contributed by atoms with van der Waals surface area (Å²) in [6.07, 6.45) is -4.35. The van der Waals surface area contributed by atoms with Crippen molar-refractivity contribution < 1.29 is 13.2 Å². The molecular formula is C10H9ClF3NS. The SMILES string of the molecule is CCS/C(Cl)=N/c1cccc(C(F)(F)F)c1. The Kier molecular flexibility index (Phi) is 4.68. The van der Waals surface area contributed by atoms with Crippen LogP contribution in [0.2, 0.25) is 0 Å². The summed E-state index contributed by atoms with van der Waals surface area (Å²) in [6, 6.07) is 4.76. The summed E-state index contributed by atoms with van der Waals surface area (Å²) in [6.45, 7) is 1.88. The Balaban J connectivity index is 2.95. The normalized spacial score (nSPS) is 12.9. The first-order valence-corrected chi connectivity index (χ1v) is 5.84. The fourth-order valence-corrected chi connectivity index (χ4v) is 1.84. The Morgan fingerprint density at radius 2 is 2.12 bits per heavy atom. The number of rotatable bonds is 2. The number of thioether (sulfide) groups is 1. The predicted molar refractivity (Wildman–Crippen MR) is 62.5 cm³/mol. The summed E-state index contributed by atoms with van der Waals surface area (Å²) in [5.41, 5.74) is -0.513. The van der Waals surface area contributed by atoms with Crippen LogP contribution in [-0.4, -0.2) is 10.3 Å². The summed E-state index contributed by atoms with van der Waals surface area (Å²) in [4.78, 5) is 3.87. The van der Waals surface area contributed by atoms with Gasteiger partial charge in [0.15, 0.2) is 4.50 Å². The Hall–Kier alpha value is -0.680. The summed E-state index contributed by atoms with van der Waals surface area (Å²) in [5.74, 6) is 0.724. The van der Waals surface area contributed by atoms with Crippen molar-refractivity contribution in [3.05, 3.63) is 29.8 Å². The zero-order chi connectivity index (χ0) is 12.2. The van der Waals surface area contributed by atoms with Gasteiger partial charge in [0.2, 0.25) is 0 Å². The molecule has 0 saturated carbocycles. The number of halogens is 4. The molecule has 0 amide bonds. The Morgan fingerprint density at radius 3 is 2.69 bits per heavy atom. The average Bonchev–Trinajstić information content (AvgIpc) is 2.17. The highest BCUT2D eigenvalue weighted by Crippen LogP contribution is 2.31. The second-order valence-electron chi connectivity index (χ2n) is 2.85. The third-order valence-electron chi connectivity index (χ3n) is 1.65. The molecule has 88 valence electrons. The number of benzene rings is 1. The van der Waals surface area contributed by atoms with Crippen molar-refractivity contribution in [2.75, 3.05) is 5.75 Å². The molecule has 0 unspecified atom stereocenters. The van der Waals surface area contributed by atoms with Crippen LogP contribution in [0.25, 0.3) is 0 Å². The average molecular weight is 268 g/mol. The maximum atomic E-state index is 12.4. The highest BCUT2D eigenvalue weighted by molar-refractivity contribution is 8.16. The lowest BCUT2D eigenvalue weighted by molar-refractivity contribution is -0.137. The van der Waals surface area contributed by atoms with Gasteiger partial charge in [0.25, 0.3) is 0 Å². The molecular weight excluding hydrogens is 259 g/mol. The van der Waals surface area contributed by atoms with Crippen LogP contribution in [0.4, 0.5) is 18.9 Å². The fourth-order valence-electron chi connectivity index (χ4n) is 1.00. The molecule has 0 atom stereocenters. The van der Waals surface area contributed by atoms with Gasteiger partial charge in [0.1, 0.15) is 0 Å². The first-order chi connectivity index (χ1) is 7.43. The van der Waals surface area contributed by atoms with Crippen LogP contribution in [-0.2, 0) is 6.18 Å². The van der Waals surface area contributed by atoms with Crippen molar-refractivity contribution in [1.29, 1.82) is 0 Å². The highest BCUT2D eigenvalue weighted by atomic mass is 35.5. The van der Waals surface area contributed by atoms with Gasteiger partial charge < -0.3 is 0 Å². The predicted octanol–water partition coefficient (Wildman–Crippen LogP) is 4.68. The third kappa shape index (κ3) is 4.06. The minimum absolute atomic E-state index is 0.209. The van der Waals surface area contributed by atoms with Crippen LogP contribution < -0.4 is 0 Å². The van der Waals surface area contributed by atoms with E-state index in [4.69, 9.17) is 11.6 Å². The zero-order valence-electron chi connectivity index (χ0n) is 8.38. The zero-order valence-corrected chi connectivity index (χ0v) is 9.96. The van der Waals surface area contributed by atoms with Crippen molar-refractivity contribution in [1.82, 2.24) is 0 Å². The fraction of sp³-hybridized carbons (Fsp3) is 0.300. The Morgan fingerprint density at radius 1 is 1.44 bits per heavy atom. The summed E-state index contributed by atoms with van der Waals surface area (Å²) in [7, 11) is 0. The Labute approximate surface area is 101 Å². The molecule has 0 fully saturated rings. The number of nitrogens with zero attached hydrogens (tertiary/aromatic N) is 1. The van der Waals surface area contributed by atoms with E-state index in [2.05, 4.69) is 4.99 Å². The number of aliphatic imine (C=N–C) groups is 1. The van der Waals surface area contributed by atoms with Crippen LogP contribution in [0.15, 0.2) is 29.3 Å². The van der Waals surface area contributed by atoms with Crippen molar-refractivity contribution in [2.24, 2.45) is 4.99 Å². The van der Waals surface area contributed by atoms with Gasteiger partial charge in [-0.15, -0.1) is 0 Å². The lowest BCUT2D eigenvalue weighted by Crippen LogP contribution is -2.03. The minimum Gasteiger partial charge on any atom is -0.230 e. The first-order valence-electron chi connectivity index (χ1n) is 4.47. The van der Waals surface area contributed by atoms with Gasteiger partial charge in [-0.1, -0.05) is 36.4 Å². The molecule has 0 radical (unpaired) electrons. The number of hydrogen-bond acceptors (Lipinski definition) is 2. The molecule has 1 aromatic rings. The van der Waals surface area contributed by atoms with Crippen LogP contribution in [0.1, 0.15) is 12.5 Å². The molecule has 0 aliphatic rings. The molecule has 6 heteroatoms. The molecule has 1 rings (SSSR count). The molecule has 0 saturated heterocycles. The first kappa shape index (κ1) is 13.4. The molecule has 0 bridgehead atoms. The smallest absolute Gasteiger partial charge is 0.230 e. The van der Waals surface area contributed by atoms with Crippen molar-refractivity contribution in [3.8, 4) is 0 Å². The second-order valence-corrected chi connectivity index (χ2v) is 4.68. The van der Waals surface area contributed by atoms with E-state index in [1.165, 1.54) is 23.9 Å². The largest absolute Gasteiger partial charge is 0.416 e. The molecule has 0 N–H and O–H groups in total. The van der Waals surface area contributed by atoms with E-state index in [-0.39, 0.29) is 10.2 Å². The van der Waals surface area contributed by atoms with E-state index in [1.807, 2.05) is 6.92 Å². The van der Waals surface area contributed by atoms with E-state index in [0.717, 1.165) is 17.9 Å². The molecule has 16 heavy (non-hydrogen) atoms. The summed E-state index contributed by atoms with van der Waals surface area (Å²) >= 11 is 6.99. The highest BCUT2D eigenvalue weighted by Gasteiger charge is 2.30. The van der Waals surface area contributed by atoms with Gasteiger partial charge in [-0.2, -0.15) is 13.2 Å². The summed E-state index contributed by atoms with van der Waals surface area (Å²) in [5, 5.41) is 0. The molecule has 0 aliphatic heterocycles. The number of alkyl halides is 3. The van der Waals surface area contributed by atoms with Crippen molar-refractivity contribution in [2.45, 2.75) is 13.1 Å². The lowest BCUT2D eigenvalue weighted by Gasteiger charge is -2.06. The molecule has 1 nitrogen and oxygen atoms in total. The topological polar surface area (TPSA) is 12.4 Å². The van der Waals surface area contributed by atoms with Gasteiger partial charge in [0, 0.05) is 0 Å². The van der Waals surface area contributed by atoms with Crippen LogP contribution in [0.3, 0.4) is 0 Å². The van der Waals surface area contributed by atoms with Gasteiger partial charge in [0.05, 0.1) is 11.3 Å². The monoisotopic (exact) mass is 267 g/mol. The molecule has 0 heterocycles. The molecule has 1 aromatic carbocycles. The maximum absolute atomic E-state index is 12.4. The van der Waals surface area contributed by atoms with E-state index >= 15 is 0 Å². The van der Waals surface area contributed by atoms with Gasteiger partial charge in [-0.25, -0.2) is 4.99 Å². The lowest BCUT2D eigenvalue weighted by atomic mass is 10.2. The third-order valence-corrected chi connectivity index (χ3v) is 2.68. The van der Waals surface area contributed by atoms with Crippen LogP contribution in [0.5, 0.6) is 0 Å².